The van der Waals surface area contributed by atoms with E-state index in [9.17, 15) is 5.11 Å². The Kier molecular flexibility index (Phi) is 4.28. The van der Waals surface area contributed by atoms with Crippen molar-refractivity contribution in [1.82, 2.24) is 0 Å². The molecular formula is C9H19NO4. The summed E-state index contributed by atoms with van der Waals surface area (Å²) >= 11 is 0. The maximum absolute atomic E-state index is 10.0. The third kappa shape index (κ3) is 2.07. The first kappa shape index (κ1) is 11.9. The first-order chi connectivity index (χ1) is 6.70. The average Bonchev–Trinajstić information content (AvgIpc) is 2.69. The smallest absolute Gasteiger partial charge is 0.183 e. The molecule has 1 heterocycles. The summed E-state index contributed by atoms with van der Waals surface area (Å²) in [6, 6.07) is 0. The molecule has 5 nitrogen and oxygen atoms in total. The maximum Gasteiger partial charge on any atom is 0.183 e. The van der Waals surface area contributed by atoms with Crippen LogP contribution in [0.3, 0.4) is 0 Å². The topological polar surface area (TPSA) is 73.9 Å². The van der Waals surface area contributed by atoms with E-state index in [0.717, 1.165) is 6.42 Å². The Hall–Kier alpha value is -0.200. The largest absolute Gasteiger partial charge is 0.387 e. The fraction of sp³-hybridized carbons (Fsp3) is 1.00. The molecule has 84 valence electrons. The van der Waals surface area contributed by atoms with Crippen LogP contribution < -0.4 is 5.73 Å². The zero-order valence-corrected chi connectivity index (χ0v) is 8.73. The number of hydrogen-bond donors (Lipinski definition) is 2. The Balaban J connectivity index is 2.67. The van der Waals surface area contributed by atoms with E-state index in [4.69, 9.17) is 19.9 Å². The van der Waals surface area contributed by atoms with E-state index >= 15 is 0 Å². The minimum absolute atomic E-state index is 0.372. The zero-order chi connectivity index (χ0) is 10.6. The molecule has 0 bridgehead atoms. The lowest BCUT2D eigenvalue weighted by Crippen LogP contribution is -2.49. The summed E-state index contributed by atoms with van der Waals surface area (Å²) in [6.07, 6.45) is -0.640. The molecule has 0 radical (unpaired) electrons. The number of rotatable bonds is 5. The third-order valence-corrected chi connectivity index (χ3v) is 2.89. The molecule has 0 amide bonds. The molecule has 0 saturated carbocycles. The van der Waals surface area contributed by atoms with Gasteiger partial charge >= 0.3 is 0 Å². The van der Waals surface area contributed by atoms with Crippen LogP contribution in [0.25, 0.3) is 0 Å². The molecule has 14 heavy (non-hydrogen) atoms. The van der Waals surface area contributed by atoms with Crippen LogP contribution in [0.1, 0.15) is 6.42 Å². The Morgan fingerprint density at radius 1 is 1.50 bits per heavy atom. The van der Waals surface area contributed by atoms with Gasteiger partial charge < -0.3 is 25.1 Å². The van der Waals surface area contributed by atoms with Crippen molar-refractivity contribution in [1.29, 1.82) is 0 Å². The molecule has 0 spiro atoms. The van der Waals surface area contributed by atoms with Crippen molar-refractivity contribution in [3.63, 3.8) is 0 Å². The van der Waals surface area contributed by atoms with Crippen LogP contribution in [0.2, 0.25) is 0 Å². The molecule has 0 aromatic heterocycles. The monoisotopic (exact) mass is 205 g/mol. The van der Waals surface area contributed by atoms with Crippen molar-refractivity contribution in [2.45, 2.75) is 18.8 Å². The van der Waals surface area contributed by atoms with E-state index in [1.165, 1.54) is 14.2 Å². The van der Waals surface area contributed by atoms with E-state index in [0.29, 0.717) is 19.8 Å². The van der Waals surface area contributed by atoms with Gasteiger partial charge in [0.2, 0.25) is 0 Å². The lowest BCUT2D eigenvalue weighted by molar-refractivity contribution is -0.196. The highest BCUT2D eigenvalue weighted by atomic mass is 16.7. The lowest BCUT2D eigenvalue weighted by Gasteiger charge is -2.34. The van der Waals surface area contributed by atoms with Crippen molar-refractivity contribution in [3.8, 4) is 0 Å². The van der Waals surface area contributed by atoms with Crippen LogP contribution in [0.5, 0.6) is 0 Å². The first-order valence-corrected chi connectivity index (χ1v) is 4.71. The van der Waals surface area contributed by atoms with Crippen LogP contribution in [-0.2, 0) is 14.2 Å². The molecule has 0 aliphatic carbocycles. The minimum Gasteiger partial charge on any atom is -0.387 e. The molecule has 0 aromatic carbocycles. The molecule has 1 fully saturated rings. The van der Waals surface area contributed by atoms with Crippen molar-refractivity contribution in [2.75, 3.05) is 34.0 Å². The number of ether oxygens (including phenoxy) is 3. The molecule has 5 heteroatoms. The summed E-state index contributed by atoms with van der Waals surface area (Å²) < 4.78 is 15.3. The molecule has 1 rings (SSSR count). The number of aliphatic hydroxyl groups excluding tert-OH is 1. The van der Waals surface area contributed by atoms with Crippen molar-refractivity contribution in [2.24, 2.45) is 11.1 Å². The van der Waals surface area contributed by atoms with Crippen LogP contribution in [-0.4, -0.2) is 51.5 Å². The molecule has 1 aliphatic rings. The van der Waals surface area contributed by atoms with Gasteiger partial charge in [-0.1, -0.05) is 0 Å². The standard InChI is InChI=1S/C9H19NO4/c1-12-8(13-2)7(11)9(5-10)3-4-14-6-9/h7-8,11H,3-6,10H2,1-2H3. The molecular weight excluding hydrogens is 186 g/mol. The second kappa shape index (κ2) is 5.04. The summed E-state index contributed by atoms with van der Waals surface area (Å²) in [6.45, 7) is 1.47. The molecule has 0 aromatic rings. The van der Waals surface area contributed by atoms with Gasteiger partial charge in [0, 0.05) is 32.8 Å². The van der Waals surface area contributed by atoms with E-state index in [2.05, 4.69) is 0 Å². The number of nitrogens with two attached hydrogens (primary N) is 1. The van der Waals surface area contributed by atoms with Gasteiger partial charge in [0.05, 0.1) is 6.61 Å². The predicted octanol–water partition coefficient (Wildman–Crippen LogP) is -0.668. The maximum atomic E-state index is 10.0. The highest BCUT2D eigenvalue weighted by Crippen LogP contribution is 2.33. The molecule has 1 aliphatic heterocycles. The number of hydrogen-bond acceptors (Lipinski definition) is 5. The van der Waals surface area contributed by atoms with Gasteiger partial charge in [-0.05, 0) is 6.42 Å². The Bertz CT molecular complexity index is 166. The summed E-state index contributed by atoms with van der Waals surface area (Å²) in [4.78, 5) is 0. The van der Waals surface area contributed by atoms with E-state index in [1.54, 1.807) is 0 Å². The zero-order valence-electron chi connectivity index (χ0n) is 8.73. The second-order valence-corrected chi connectivity index (χ2v) is 3.65. The normalized spacial score (nSPS) is 29.8. The fourth-order valence-corrected chi connectivity index (χ4v) is 1.78. The molecule has 2 atom stereocenters. The molecule has 3 N–H and O–H groups in total. The number of methoxy groups -OCH3 is 2. The summed E-state index contributed by atoms with van der Waals surface area (Å²) in [5.74, 6) is 0. The van der Waals surface area contributed by atoms with Gasteiger partial charge in [0.15, 0.2) is 6.29 Å². The van der Waals surface area contributed by atoms with E-state index < -0.39 is 17.8 Å². The highest BCUT2D eigenvalue weighted by Gasteiger charge is 2.44. The Morgan fingerprint density at radius 3 is 2.50 bits per heavy atom. The summed E-state index contributed by atoms with van der Waals surface area (Å²) in [7, 11) is 2.99. The summed E-state index contributed by atoms with van der Waals surface area (Å²) in [5.41, 5.74) is 5.25. The minimum atomic E-state index is -0.745. The summed E-state index contributed by atoms with van der Waals surface area (Å²) in [5, 5.41) is 10.0. The molecule has 1 saturated heterocycles. The van der Waals surface area contributed by atoms with Crippen LogP contribution in [0.4, 0.5) is 0 Å². The van der Waals surface area contributed by atoms with Gasteiger partial charge in [-0.2, -0.15) is 0 Å². The number of aliphatic hydroxyl groups is 1. The second-order valence-electron chi connectivity index (χ2n) is 3.65. The lowest BCUT2D eigenvalue weighted by atomic mass is 9.81. The van der Waals surface area contributed by atoms with Gasteiger partial charge in [0.25, 0.3) is 0 Å². The van der Waals surface area contributed by atoms with E-state index in [1.807, 2.05) is 0 Å². The Labute approximate surface area is 84.1 Å². The SMILES string of the molecule is COC(OC)C(O)C1(CN)CCOC1. The molecule has 2 unspecified atom stereocenters. The van der Waals surface area contributed by atoms with Gasteiger partial charge in [-0.25, -0.2) is 0 Å². The van der Waals surface area contributed by atoms with E-state index in [-0.39, 0.29) is 0 Å². The fourth-order valence-electron chi connectivity index (χ4n) is 1.78. The quantitative estimate of drug-likeness (QED) is 0.582. The predicted molar refractivity (Wildman–Crippen MR) is 50.7 cm³/mol. The van der Waals surface area contributed by atoms with Gasteiger partial charge in [-0.15, -0.1) is 0 Å². The Morgan fingerprint density at radius 2 is 2.14 bits per heavy atom. The van der Waals surface area contributed by atoms with Gasteiger partial charge in [-0.3, -0.25) is 0 Å². The highest BCUT2D eigenvalue weighted by molar-refractivity contribution is 4.92. The average molecular weight is 205 g/mol. The van der Waals surface area contributed by atoms with Crippen LogP contribution in [0.15, 0.2) is 0 Å². The van der Waals surface area contributed by atoms with Crippen molar-refractivity contribution >= 4 is 0 Å². The van der Waals surface area contributed by atoms with Crippen molar-refractivity contribution < 1.29 is 19.3 Å². The first-order valence-electron chi connectivity index (χ1n) is 4.71. The van der Waals surface area contributed by atoms with Crippen molar-refractivity contribution in [3.05, 3.63) is 0 Å². The van der Waals surface area contributed by atoms with Crippen LogP contribution >= 0.6 is 0 Å². The van der Waals surface area contributed by atoms with Gasteiger partial charge in [0.1, 0.15) is 6.10 Å². The van der Waals surface area contributed by atoms with Crippen LogP contribution in [0, 0.1) is 5.41 Å². The third-order valence-electron chi connectivity index (χ3n) is 2.89.